The number of sulfone groups is 1. The highest BCUT2D eigenvalue weighted by Gasteiger charge is 2.31. The molecular formula is C19H24N4O3S2. The van der Waals surface area contributed by atoms with Crippen LogP contribution in [-0.4, -0.2) is 54.9 Å². The van der Waals surface area contributed by atoms with Crippen LogP contribution in [0.3, 0.4) is 0 Å². The van der Waals surface area contributed by atoms with Crippen molar-refractivity contribution in [2.45, 2.75) is 32.9 Å². The second kappa shape index (κ2) is 8.07. The summed E-state index contributed by atoms with van der Waals surface area (Å²) in [6, 6.07) is 6.05. The highest BCUT2D eigenvalue weighted by Crippen LogP contribution is 2.28. The summed E-state index contributed by atoms with van der Waals surface area (Å²) in [5.41, 5.74) is 2.26. The number of nitriles is 1. The molecule has 1 aliphatic rings. The van der Waals surface area contributed by atoms with Crippen molar-refractivity contribution in [3.63, 3.8) is 0 Å². The van der Waals surface area contributed by atoms with Gasteiger partial charge in [-0.25, -0.2) is 8.42 Å². The lowest BCUT2D eigenvalue weighted by Crippen LogP contribution is -2.39. The van der Waals surface area contributed by atoms with Crippen LogP contribution in [0.4, 0.5) is 5.82 Å². The summed E-state index contributed by atoms with van der Waals surface area (Å²) in [5.74, 6) is 0.508. The molecule has 1 N–H and O–H groups in total. The van der Waals surface area contributed by atoms with E-state index in [4.69, 9.17) is 0 Å². The van der Waals surface area contributed by atoms with Crippen LogP contribution in [-0.2, 0) is 21.2 Å². The third kappa shape index (κ3) is 4.29. The maximum absolute atomic E-state index is 12.7. The number of carbonyl (C=O) groups excluding carboxylic acids is 1. The Morgan fingerprint density at radius 2 is 2.21 bits per heavy atom. The van der Waals surface area contributed by atoms with Crippen LogP contribution in [0.1, 0.15) is 28.1 Å². The summed E-state index contributed by atoms with van der Waals surface area (Å²) in [6.07, 6.45) is 0.544. The average Bonchev–Trinajstić information content (AvgIpc) is 3.31. The Balaban J connectivity index is 1.78. The Morgan fingerprint density at radius 1 is 1.46 bits per heavy atom. The molecule has 2 aromatic rings. The molecule has 0 unspecified atom stereocenters. The molecule has 3 heterocycles. The molecule has 0 saturated carbocycles. The quantitative estimate of drug-likeness (QED) is 0.773. The minimum atomic E-state index is -3.00. The molecule has 7 nitrogen and oxygen atoms in total. The second-order valence-corrected chi connectivity index (χ2v) is 10.5. The first kappa shape index (κ1) is 20.6. The number of nitrogens with zero attached hydrogens (tertiary/aromatic N) is 3. The maximum atomic E-state index is 12.7. The zero-order valence-corrected chi connectivity index (χ0v) is 17.9. The van der Waals surface area contributed by atoms with Crippen LogP contribution >= 0.6 is 11.3 Å². The standard InChI is InChI=1S/C19H24N4O3S2/c1-13-14(2)23(10-16-5-4-7-27-16)19(17(13)9-20)21-18(24)11-22(3)15-6-8-28(25,26)12-15/h4-5,7,15H,6,8,10-12H2,1-3H3,(H,21,24)/t15-/m1/s1. The normalized spacial score (nSPS) is 18.3. The molecule has 9 heteroatoms. The van der Waals surface area contributed by atoms with Crippen LogP contribution in [0.5, 0.6) is 0 Å². The number of likely N-dealkylation sites (N-methyl/N-ethyl adjacent to an activating group) is 1. The fraction of sp³-hybridized carbons (Fsp3) is 0.474. The van der Waals surface area contributed by atoms with E-state index >= 15 is 0 Å². The molecule has 1 atom stereocenters. The fourth-order valence-electron chi connectivity index (χ4n) is 3.54. The van der Waals surface area contributed by atoms with Crippen LogP contribution in [0.2, 0.25) is 0 Å². The molecule has 1 fully saturated rings. The van der Waals surface area contributed by atoms with Gasteiger partial charge in [-0.05, 0) is 44.3 Å². The number of hydrogen-bond donors (Lipinski definition) is 1. The van der Waals surface area contributed by atoms with Crippen molar-refractivity contribution in [1.29, 1.82) is 5.26 Å². The Kier molecular flexibility index (Phi) is 5.93. The fourth-order valence-corrected chi connectivity index (χ4v) is 6.03. The van der Waals surface area contributed by atoms with E-state index in [9.17, 15) is 18.5 Å². The van der Waals surface area contributed by atoms with E-state index in [1.807, 2.05) is 35.9 Å². The SMILES string of the molecule is Cc1c(C#N)c(NC(=O)CN(C)[C@@H]2CCS(=O)(=O)C2)n(Cc2cccs2)c1C. The molecule has 28 heavy (non-hydrogen) atoms. The maximum Gasteiger partial charge on any atom is 0.239 e. The topological polar surface area (TPSA) is 95.2 Å². The highest BCUT2D eigenvalue weighted by molar-refractivity contribution is 7.91. The van der Waals surface area contributed by atoms with Gasteiger partial charge in [0.05, 0.1) is 30.2 Å². The van der Waals surface area contributed by atoms with Gasteiger partial charge < -0.3 is 9.88 Å². The lowest BCUT2D eigenvalue weighted by Gasteiger charge is -2.22. The molecule has 1 amide bonds. The molecule has 2 aromatic heterocycles. The molecule has 1 saturated heterocycles. The number of carbonyl (C=O) groups is 1. The highest BCUT2D eigenvalue weighted by atomic mass is 32.2. The van der Waals surface area contributed by atoms with Crippen molar-refractivity contribution in [3.05, 3.63) is 39.2 Å². The Bertz CT molecular complexity index is 1020. The molecular weight excluding hydrogens is 396 g/mol. The van der Waals surface area contributed by atoms with E-state index in [-0.39, 0.29) is 30.0 Å². The van der Waals surface area contributed by atoms with Gasteiger partial charge in [-0.1, -0.05) is 6.07 Å². The van der Waals surface area contributed by atoms with E-state index in [1.165, 1.54) is 0 Å². The summed E-state index contributed by atoms with van der Waals surface area (Å²) < 4.78 is 25.3. The number of amides is 1. The molecule has 0 radical (unpaired) electrons. The summed E-state index contributed by atoms with van der Waals surface area (Å²) in [7, 11) is -1.24. The Hall–Kier alpha value is -2.15. The van der Waals surface area contributed by atoms with E-state index in [0.29, 0.717) is 24.3 Å². The smallest absolute Gasteiger partial charge is 0.239 e. The van der Waals surface area contributed by atoms with Crippen LogP contribution < -0.4 is 5.32 Å². The Labute approximate surface area is 169 Å². The zero-order valence-electron chi connectivity index (χ0n) is 16.2. The lowest BCUT2D eigenvalue weighted by molar-refractivity contribution is -0.117. The second-order valence-electron chi connectivity index (χ2n) is 7.23. The zero-order chi connectivity index (χ0) is 20.5. The summed E-state index contributed by atoms with van der Waals surface area (Å²) in [5, 5.41) is 14.5. The molecule has 0 spiro atoms. The van der Waals surface area contributed by atoms with Gasteiger partial charge in [-0.3, -0.25) is 9.69 Å². The summed E-state index contributed by atoms with van der Waals surface area (Å²) in [6.45, 7) is 4.48. The monoisotopic (exact) mass is 420 g/mol. The molecule has 150 valence electrons. The lowest BCUT2D eigenvalue weighted by atomic mass is 10.2. The molecule has 0 aliphatic carbocycles. The molecule has 3 rings (SSSR count). The van der Waals surface area contributed by atoms with E-state index in [2.05, 4.69) is 11.4 Å². The first-order chi connectivity index (χ1) is 13.2. The minimum Gasteiger partial charge on any atom is -0.325 e. The third-order valence-corrected chi connectivity index (χ3v) is 7.93. The van der Waals surface area contributed by atoms with Crippen LogP contribution in [0.25, 0.3) is 0 Å². The molecule has 1 aliphatic heterocycles. The van der Waals surface area contributed by atoms with Crippen LogP contribution in [0, 0.1) is 25.2 Å². The average molecular weight is 421 g/mol. The van der Waals surface area contributed by atoms with Crippen molar-refractivity contribution < 1.29 is 13.2 Å². The first-order valence-corrected chi connectivity index (χ1v) is 11.7. The van der Waals surface area contributed by atoms with E-state index in [0.717, 1.165) is 16.1 Å². The Morgan fingerprint density at radius 3 is 2.79 bits per heavy atom. The number of anilines is 1. The summed E-state index contributed by atoms with van der Waals surface area (Å²) >= 11 is 1.62. The predicted octanol–water partition coefficient (Wildman–Crippen LogP) is 2.14. The predicted molar refractivity (Wildman–Crippen MR) is 110 cm³/mol. The number of rotatable bonds is 6. The van der Waals surface area contributed by atoms with Gasteiger partial charge in [0.1, 0.15) is 11.9 Å². The number of aromatic nitrogens is 1. The van der Waals surface area contributed by atoms with Gasteiger partial charge in [0.2, 0.25) is 5.91 Å². The van der Waals surface area contributed by atoms with Crippen molar-refractivity contribution in [3.8, 4) is 6.07 Å². The van der Waals surface area contributed by atoms with Gasteiger partial charge in [-0.2, -0.15) is 5.26 Å². The van der Waals surface area contributed by atoms with Crippen molar-refractivity contribution in [2.24, 2.45) is 0 Å². The van der Waals surface area contributed by atoms with E-state index in [1.54, 1.807) is 23.3 Å². The van der Waals surface area contributed by atoms with Crippen molar-refractivity contribution in [2.75, 3.05) is 30.4 Å². The van der Waals surface area contributed by atoms with Gasteiger partial charge >= 0.3 is 0 Å². The van der Waals surface area contributed by atoms with Crippen molar-refractivity contribution in [1.82, 2.24) is 9.47 Å². The van der Waals surface area contributed by atoms with Gasteiger partial charge in [0.25, 0.3) is 0 Å². The molecule has 0 bridgehead atoms. The van der Waals surface area contributed by atoms with Gasteiger partial charge in [0.15, 0.2) is 9.84 Å². The first-order valence-electron chi connectivity index (χ1n) is 9.04. The van der Waals surface area contributed by atoms with Gasteiger partial charge in [-0.15, -0.1) is 11.3 Å². The van der Waals surface area contributed by atoms with Gasteiger partial charge in [0, 0.05) is 16.6 Å². The largest absolute Gasteiger partial charge is 0.325 e. The number of hydrogen-bond acceptors (Lipinski definition) is 6. The summed E-state index contributed by atoms with van der Waals surface area (Å²) in [4.78, 5) is 15.6. The minimum absolute atomic E-state index is 0.0767. The van der Waals surface area contributed by atoms with Crippen molar-refractivity contribution >= 4 is 32.9 Å². The molecule has 0 aromatic carbocycles. The third-order valence-electron chi connectivity index (χ3n) is 5.32. The van der Waals surface area contributed by atoms with E-state index < -0.39 is 9.84 Å². The number of nitrogens with one attached hydrogen (secondary N) is 1. The van der Waals surface area contributed by atoms with Crippen LogP contribution in [0.15, 0.2) is 17.5 Å². The number of thiophene rings is 1.